The maximum absolute atomic E-state index is 12.0. The fourth-order valence-electron chi connectivity index (χ4n) is 3.26. The predicted octanol–water partition coefficient (Wildman–Crippen LogP) is 1.99. The zero-order chi connectivity index (χ0) is 15.3. The van der Waals surface area contributed by atoms with Crippen molar-refractivity contribution in [1.82, 2.24) is 10.6 Å². The lowest BCUT2D eigenvalue weighted by Crippen LogP contribution is -2.55. The molecule has 1 aliphatic carbocycles. The number of halogens is 3. The second kappa shape index (κ2) is 7.45. The highest BCUT2D eigenvalue weighted by atomic mass is 19.4. The molecule has 4 nitrogen and oxygen atoms in total. The average Bonchev–Trinajstić information content (AvgIpc) is 2.45. The van der Waals surface area contributed by atoms with Gasteiger partial charge in [-0.1, -0.05) is 12.8 Å². The van der Waals surface area contributed by atoms with Crippen molar-refractivity contribution in [2.24, 2.45) is 5.92 Å². The molecule has 1 saturated heterocycles. The van der Waals surface area contributed by atoms with E-state index in [4.69, 9.17) is 0 Å². The average molecular weight is 308 g/mol. The van der Waals surface area contributed by atoms with Gasteiger partial charge in [-0.3, -0.25) is 4.79 Å². The molecule has 2 fully saturated rings. The van der Waals surface area contributed by atoms with Gasteiger partial charge in [-0.25, -0.2) is 0 Å². The lowest BCUT2D eigenvalue weighted by molar-refractivity contribution is -0.173. The summed E-state index contributed by atoms with van der Waals surface area (Å²) in [4.78, 5) is 12.0. The highest BCUT2D eigenvalue weighted by molar-refractivity contribution is 5.81. The van der Waals surface area contributed by atoms with Gasteiger partial charge in [0.05, 0.1) is 12.6 Å². The fraction of sp³-hybridized carbons (Fsp3) is 0.929. The van der Waals surface area contributed by atoms with E-state index in [-0.39, 0.29) is 25.1 Å². The first-order chi connectivity index (χ1) is 9.96. The summed E-state index contributed by atoms with van der Waals surface area (Å²) in [6.45, 7) is -1.28. The van der Waals surface area contributed by atoms with Gasteiger partial charge in [-0.05, 0) is 31.6 Å². The van der Waals surface area contributed by atoms with Gasteiger partial charge in [0.25, 0.3) is 0 Å². The van der Waals surface area contributed by atoms with Crippen LogP contribution in [-0.2, 0) is 9.53 Å². The van der Waals surface area contributed by atoms with Crippen molar-refractivity contribution in [1.29, 1.82) is 0 Å². The molecular weight excluding hydrogens is 285 g/mol. The number of carbonyl (C=O) groups excluding carboxylic acids is 1. The first kappa shape index (κ1) is 16.5. The standard InChI is InChI=1S/C14H23F3N2O2/c15-14(16,17)9-21-8-7-18-13(20)12-6-5-10-3-1-2-4-11(10)19-12/h10-12,19H,1-9H2,(H,18,20). The van der Waals surface area contributed by atoms with Crippen molar-refractivity contribution < 1.29 is 22.7 Å². The molecule has 1 saturated carbocycles. The molecule has 0 bridgehead atoms. The molecule has 1 heterocycles. The van der Waals surface area contributed by atoms with Gasteiger partial charge in [0, 0.05) is 12.6 Å². The number of hydrogen-bond donors (Lipinski definition) is 2. The van der Waals surface area contributed by atoms with E-state index < -0.39 is 12.8 Å². The van der Waals surface area contributed by atoms with Gasteiger partial charge in [0.2, 0.25) is 5.91 Å². The Bertz CT molecular complexity index is 350. The molecule has 0 aromatic heterocycles. The molecule has 0 aromatic rings. The lowest BCUT2D eigenvalue weighted by atomic mass is 9.77. The molecule has 122 valence electrons. The van der Waals surface area contributed by atoms with E-state index in [1.165, 1.54) is 19.3 Å². The van der Waals surface area contributed by atoms with Gasteiger partial charge >= 0.3 is 6.18 Å². The van der Waals surface area contributed by atoms with Crippen LogP contribution in [-0.4, -0.2) is 43.9 Å². The van der Waals surface area contributed by atoms with Crippen LogP contribution in [0.25, 0.3) is 0 Å². The number of nitrogens with one attached hydrogen (secondary N) is 2. The second-order valence-corrected chi connectivity index (χ2v) is 5.91. The Balaban J connectivity index is 1.62. The lowest BCUT2D eigenvalue weighted by Gasteiger charge is -2.39. The molecule has 2 aliphatic rings. The minimum absolute atomic E-state index is 0.112. The molecule has 1 amide bonds. The Morgan fingerprint density at radius 1 is 1.19 bits per heavy atom. The Labute approximate surface area is 122 Å². The predicted molar refractivity (Wildman–Crippen MR) is 71.8 cm³/mol. The van der Waals surface area contributed by atoms with Crippen molar-refractivity contribution in [3.63, 3.8) is 0 Å². The summed E-state index contributed by atoms with van der Waals surface area (Å²) in [6, 6.07) is 0.205. The third kappa shape index (κ3) is 5.47. The Kier molecular flexibility index (Phi) is 5.87. The molecule has 2 rings (SSSR count). The number of ether oxygens (including phenoxy) is 1. The van der Waals surface area contributed by atoms with Crippen molar-refractivity contribution in [3.05, 3.63) is 0 Å². The van der Waals surface area contributed by atoms with Crippen molar-refractivity contribution in [2.75, 3.05) is 19.8 Å². The summed E-state index contributed by atoms with van der Waals surface area (Å²) >= 11 is 0. The summed E-state index contributed by atoms with van der Waals surface area (Å²) in [6.07, 6.45) is 2.37. The van der Waals surface area contributed by atoms with Crippen LogP contribution in [0.2, 0.25) is 0 Å². The number of alkyl halides is 3. The minimum atomic E-state index is -4.31. The van der Waals surface area contributed by atoms with Gasteiger partial charge in [-0.15, -0.1) is 0 Å². The number of piperidine rings is 1. The Morgan fingerprint density at radius 3 is 2.71 bits per heavy atom. The molecule has 1 aliphatic heterocycles. The maximum Gasteiger partial charge on any atom is 0.411 e. The summed E-state index contributed by atoms with van der Waals surface area (Å²) in [5.41, 5.74) is 0. The maximum atomic E-state index is 12.0. The topological polar surface area (TPSA) is 50.4 Å². The Hall–Kier alpha value is -0.820. The van der Waals surface area contributed by atoms with Gasteiger partial charge in [-0.2, -0.15) is 13.2 Å². The smallest absolute Gasteiger partial charge is 0.370 e. The van der Waals surface area contributed by atoms with Crippen molar-refractivity contribution >= 4 is 5.91 Å². The molecule has 21 heavy (non-hydrogen) atoms. The molecule has 0 spiro atoms. The van der Waals surface area contributed by atoms with E-state index >= 15 is 0 Å². The molecule has 2 N–H and O–H groups in total. The molecule has 7 heteroatoms. The monoisotopic (exact) mass is 308 g/mol. The third-order valence-electron chi connectivity index (χ3n) is 4.28. The molecule has 3 unspecified atom stereocenters. The van der Waals surface area contributed by atoms with E-state index in [0.29, 0.717) is 12.0 Å². The summed E-state index contributed by atoms with van der Waals surface area (Å²) in [7, 11) is 0. The second-order valence-electron chi connectivity index (χ2n) is 5.91. The SMILES string of the molecule is O=C(NCCOCC(F)(F)F)C1CCC2CCCCC2N1. The van der Waals surface area contributed by atoms with Crippen LogP contribution in [0.3, 0.4) is 0 Å². The highest BCUT2D eigenvalue weighted by Crippen LogP contribution is 2.32. The quantitative estimate of drug-likeness (QED) is 0.764. The van der Waals surface area contributed by atoms with Crippen LogP contribution in [0.4, 0.5) is 13.2 Å². The van der Waals surface area contributed by atoms with E-state index in [1.807, 2.05) is 0 Å². The van der Waals surface area contributed by atoms with E-state index in [0.717, 1.165) is 19.3 Å². The van der Waals surface area contributed by atoms with E-state index in [9.17, 15) is 18.0 Å². The number of rotatable bonds is 5. The molecular formula is C14H23F3N2O2. The van der Waals surface area contributed by atoms with E-state index in [2.05, 4.69) is 15.4 Å². The normalized spacial score (nSPS) is 29.8. The largest absolute Gasteiger partial charge is 0.411 e. The number of carbonyl (C=O) groups is 1. The number of amides is 1. The molecule has 0 radical (unpaired) electrons. The molecule has 0 aromatic carbocycles. The van der Waals surface area contributed by atoms with Gasteiger partial charge in [0.15, 0.2) is 0 Å². The van der Waals surface area contributed by atoms with Crippen LogP contribution in [0.1, 0.15) is 38.5 Å². The first-order valence-electron chi connectivity index (χ1n) is 7.64. The van der Waals surface area contributed by atoms with Gasteiger partial charge < -0.3 is 15.4 Å². The van der Waals surface area contributed by atoms with Crippen LogP contribution in [0.5, 0.6) is 0 Å². The first-order valence-corrected chi connectivity index (χ1v) is 7.64. The third-order valence-corrected chi connectivity index (χ3v) is 4.28. The van der Waals surface area contributed by atoms with Crippen LogP contribution < -0.4 is 10.6 Å². The zero-order valence-electron chi connectivity index (χ0n) is 12.0. The number of hydrogen-bond acceptors (Lipinski definition) is 3. The van der Waals surface area contributed by atoms with Crippen molar-refractivity contribution in [3.8, 4) is 0 Å². The highest BCUT2D eigenvalue weighted by Gasteiger charge is 2.34. The van der Waals surface area contributed by atoms with Crippen LogP contribution >= 0.6 is 0 Å². The van der Waals surface area contributed by atoms with E-state index in [1.54, 1.807) is 0 Å². The zero-order valence-corrected chi connectivity index (χ0v) is 12.0. The van der Waals surface area contributed by atoms with Gasteiger partial charge in [0.1, 0.15) is 6.61 Å². The van der Waals surface area contributed by atoms with Crippen molar-refractivity contribution in [2.45, 2.75) is 56.8 Å². The fourth-order valence-corrected chi connectivity index (χ4v) is 3.26. The summed E-state index contributed by atoms with van der Waals surface area (Å²) < 4.78 is 40.1. The molecule has 3 atom stereocenters. The summed E-state index contributed by atoms with van der Waals surface area (Å²) in [5, 5.41) is 6.03. The Morgan fingerprint density at radius 2 is 1.95 bits per heavy atom. The minimum Gasteiger partial charge on any atom is -0.370 e. The summed E-state index contributed by atoms with van der Waals surface area (Å²) in [5.74, 6) is 0.549. The van der Waals surface area contributed by atoms with Crippen LogP contribution in [0, 0.1) is 5.92 Å². The van der Waals surface area contributed by atoms with Crippen LogP contribution in [0.15, 0.2) is 0 Å². The number of fused-ring (bicyclic) bond motifs is 1.